The maximum absolute atomic E-state index is 6.00. The highest BCUT2D eigenvalue weighted by molar-refractivity contribution is 5.20. The first kappa shape index (κ1) is 13.6. The smallest absolute Gasteiger partial charge is 0.0281 e. The van der Waals surface area contributed by atoms with E-state index in [1.807, 2.05) is 0 Å². The highest BCUT2D eigenvalue weighted by Gasteiger charge is 2.35. The fourth-order valence-corrected chi connectivity index (χ4v) is 2.90. The van der Waals surface area contributed by atoms with E-state index in [1.165, 1.54) is 18.5 Å². The lowest BCUT2D eigenvalue weighted by Gasteiger charge is -2.32. The van der Waals surface area contributed by atoms with Crippen molar-refractivity contribution < 1.29 is 0 Å². The normalized spacial score (nSPS) is 26.1. The first-order chi connectivity index (χ1) is 8.63. The summed E-state index contributed by atoms with van der Waals surface area (Å²) in [5.41, 5.74) is 7.39. The first-order valence-electron chi connectivity index (χ1n) is 7.08. The largest absolute Gasteiger partial charge is 0.329 e. The molecule has 0 saturated heterocycles. The fraction of sp³-hybridized carbons (Fsp3) is 0.625. The molecule has 100 valence electrons. The summed E-state index contributed by atoms with van der Waals surface area (Å²) < 4.78 is 0. The van der Waals surface area contributed by atoms with Crippen molar-refractivity contribution in [3.05, 3.63) is 35.9 Å². The van der Waals surface area contributed by atoms with Crippen LogP contribution in [0.5, 0.6) is 0 Å². The third-order valence-corrected chi connectivity index (χ3v) is 4.51. The SMILES string of the molecule is CC1CC1CN(C)C(CN)C(C)c1ccccc1. The van der Waals surface area contributed by atoms with Gasteiger partial charge in [0.25, 0.3) is 0 Å². The average molecular weight is 246 g/mol. The number of benzene rings is 1. The van der Waals surface area contributed by atoms with Crippen LogP contribution in [0.2, 0.25) is 0 Å². The second kappa shape index (κ2) is 5.85. The summed E-state index contributed by atoms with van der Waals surface area (Å²) in [4.78, 5) is 2.46. The number of hydrogen-bond donors (Lipinski definition) is 1. The molecule has 1 fully saturated rings. The van der Waals surface area contributed by atoms with E-state index in [0.29, 0.717) is 12.0 Å². The Kier molecular flexibility index (Phi) is 4.41. The van der Waals surface area contributed by atoms with Crippen LogP contribution < -0.4 is 5.73 Å². The molecular formula is C16H26N2. The lowest BCUT2D eigenvalue weighted by Crippen LogP contribution is -2.42. The van der Waals surface area contributed by atoms with Crippen LogP contribution in [0.3, 0.4) is 0 Å². The molecule has 0 radical (unpaired) electrons. The number of nitrogens with zero attached hydrogens (tertiary/aromatic N) is 1. The second-order valence-electron chi connectivity index (χ2n) is 5.92. The third kappa shape index (κ3) is 3.12. The summed E-state index contributed by atoms with van der Waals surface area (Å²) in [5, 5.41) is 0. The van der Waals surface area contributed by atoms with Gasteiger partial charge >= 0.3 is 0 Å². The molecule has 1 aliphatic rings. The second-order valence-corrected chi connectivity index (χ2v) is 5.92. The van der Waals surface area contributed by atoms with Gasteiger partial charge in [0.05, 0.1) is 0 Å². The van der Waals surface area contributed by atoms with Gasteiger partial charge in [-0.2, -0.15) is 0 Å². The summed E-state index contributed by atoms with van der Waals surface area (Å²) in [6, 6.07) is 11.2. The van der Waals surface area contributed by atoms with E-state index < -0.39 is 0 Å². The summed E-state index contributed by atoms with van der Waals surface area (Å²) in [7, 11) is 2.22. The van der Waals surface area contributed by atoms with E-state index >= 15 is 0 Å². The molecule has 2 N–H and O–H groups in total. The number of rotatable bonds is 6. The lowest BCUT2D eigenvalue weighted by molar-refractivity contribution is 0.210. The lowest BCUT2D eigenvalue weighted by atomic mass is 9.92. The Morgan fingerprint density at radius 1 is 1.33 bits per heavy atom. The first-order valence-corrected chi connectivity index (χ1v) is 7.08. The molecule has 2 rings (SSSR count). The van der Waals surface area contributed by atoms with Gasteiger partial charge in [0.15, 0.2) is 0 Å². The molecule has 1 saturated carbocycles. The van der Waals surface area contributed by atoms with Gasteiger partial charge < -0.3 is 10.6 Å². The minimum absolute atomic E-state index is 0.445. The van der Waals surface area contributed by atoms with Crippen molar-refractivity contribution in [2.45, 2.75) is 32.2 Å². The molecule has 4 atom stereocenters. The number of hydrogen-bond acceptors (Lipinski definition) is 2. The van der Waals surface area contributed by atoms with Crippen molar-refractivity contribution in [3.63, 3.8) is 0 Å². The van der Waals surface area contributed by atoms with Gasteiger partial charge in [-0.15, -0.1) is 0 Å². The van der Waals surface area contributed by atoms with Gasteiger partial charge in [-0.05, 0) is 36.8 Å². The van der Waals surface area contributed by atoms with Crippen LogP contribution in [0.15, 0.2) is 30.3 Å². The Bertz CT molecular complexity index is 363. The molecule has 1 aromatic carbocycles. The van der Waals surface area contributed by atoms with Crippen molar-refractivity contribution >= 4 is 0 Å². The fourth-order valence-electron chi connectivity index (χ4n) is 2.90. The number of nitrogens with two attached hydrogens (primary N) is 1. The van der Waals surface area contributed by atoms with E-state index in [1.54, 1.807) is 0 Å². The zero-order valence-electron chi connectivity index (χ0n) is 11.8. The molecule has 18 heavy (non-hydrogen) atoms. The predicted octanol–water partition coefficient (Wildman–Crippen LogP) is 2.71. The van der Waals surface area contributed by atoms with Crippen molar-refractivity contribution in [3.8, 4) is 0 Å². The summed E-state index contributed by atoms with van der Waals surface area (Å²) >= 11 is 0. The summed E-state index contributed by atoms with van der Waals surface area (Å²) in [5.74, 6) is 2.31. The molecule has 0 spiro atoms. The molecule has 1 aromatic rings. The molecule has 0 aliphatic heterocycles. The Labute approximate surface area is 111 Å². The van der Waals surface area contributed by atoms with Crippen LogP contribution in [0, 0.1) is 11.8 Å². The molecule has 4 unspecified atom stereocenters. The summed E-state index contributed by atoms with van der Waals surface area (Å²) in [6.45, 7) is 6.56. The van der Waals surface area contributed by atoms with Crippen LogP contribution in [0.1, 0.15) is 31.7 Å². The maximum atomic E-state index is 6.00. The monoisotopic (exact) mass is 246 g/mol. The predicted molar refractivity (Wildman–Crippen MR) is 77.6 cm³/mol. The standard InChI is InChI=1S/C16H26N2/c1-12-9-15(12)11-18(3)16(10-17)13(2)14-7-5-4-6-8-14/h4-8,12-13,15-16H,9-11,17H2,1-3H3. The molecule has 2 heteroatoms. The van der Waals surface area contributed by atoms with E-state index in [2.05, 4.69) is 56.1 Å². The van der Waals surface area contributed by atoms with Gasteiger partial charge in [0.2, 0.25) is 0 Å². The zero-order valence-corrected chi connectivity index (χ0v) is 11.8. The van der Waals surface area contributed by atoms with Crippen molar-refractivity contribution in [2.75, 3.05) is 20.1 Å². The summed E-state index contributed by atoms with van der Waals surface area (Å²) in [6.07, 6.45) is 1.39. The molecule has 1 aliphatic carbocycles. The van der Waals surface area contributed by atoms with Crippen LogP contribution in [-0.4, -0.2) is 31.1 Å². The zero-order chi connectivity index (χ0) is 13.1. The molecule has 0 heterocycles. The van der Waals surface area contributed by atoms with Crippen LogP contribution in [-0.2, 0) is 0 Å². The van der Waals surface area contributed by atoms with E-state index in [0.717, 1.165) is 18.4 Å². The highest BCUT2D eigenvalue weighted by Crippen LogP contribution is 2.38. The Hall–Kier alpha value is -0.860. The highest BCUT2D eigenvalue weighted by atomic mass is 15.1. The van der Waals surface area contributed by atoms with Gasteiger partial charge in [0.1, 0.15) is 0 Å². The molecule has 2 nitrogen and oxygen atoms in total. The van der Waals surface area contributed by atoms with Crippen LogP contribution in [0.4, 0.5) is 0 Å². The molecule has 0 aromatic heterocycles. The van der Waals surface area contributed by atoms with Crippen molar-refractivity contribution in [1.29, 1.82) is 0 Å². The van der Waals surface area contributed by atoms with Crippen molar-refractivity contribution in [2.24, 2.45) is 17.6 Å². The van der Waals surface area contributed by atoms with E-state index in [9.17, 15) is 0 Å². The Balaban J connectivity index is 1.98. The van der Waals surface area contributed by atoms with Gasteiger partial charge in [-0.3, -0.25) is 0 Å². The topological polar surface area (TPSA) is 29.3 Å². The quantitative estimate of drug-likeness (QED) is 0.836. The maximum Gasteiger partial charge on any atom is 0.0281 e. The molecule has 0 amide bonds. The van der Waals surface area contributed by atoms with Crippen LogP contribution in [0.25, 0.3) is 0 Å². The minimum Gasteiger partial charge on any atom is -0.329 e. The molecule has 0 bridgehead atoms. The number of likely N-dealkylation sites (N-methyl/N-ethyl adjacent to an activating group) is 1. The van der Waals surface area contributed by atoms with Crippen molar-refractivity contribution in [1.82, 2.24) is 4.90 Å². The van der Waals surface area contributed by atoms with Gasteiger partial charge in [-0.1, -0.05) is 44.2 Å². The average Bonchev–Trinajstić information content (AvgIpc) is 3.06. The van der Waals surface area contributed by atoms with Crippen LogP contribution >= 0.6 is 0 Å². The Morgan fingerprint density at radius 3 is 2.44 bits per heavy atom. The molecular weight excluding hydrogens is 220 g/mol. The Morgan fingerprint density at radius 2 is 1.94 bits per heavy atom. The van der Waals surface area contributed by atoms with E-state index in [-0.39, 0.29) is 0 Å². The van der Waals surface area contributed by atoms with E-state index in [4.69, 9.17) is 5.73 Å². The third-order valence-electron chi connectivity index (χ3n) is 4.51. The van der Waals surface area contributed by atoms with Gasteiger partial charge in [0, 0.05) is 19.1 Å². The van der Waals surface area contributed by atoms with Gasteiger partial charge in [-0.25, -0.2) is 0 Å². The minimum atomic E-state index is 0.445.